The van der Waals surface area contributed by atoms with Crippen molar-refractivity contribution < 1.29 is 4.79 Å². The number of hydrogen-bond donors (Lipinski definition) is 1. The molecule has 1 aromatic carbocycles. The van der Waals surface area contributed by atoms with Crippen LogP contribution in [0.5, 0.6) is 0 Å². The molecule has 0 radical (unpaired) electrons. The van der Waals surface area contributed by atoms with Crippen LogP contribution in [0.15, 0.2) is 48.7 Å². The molecular weight excluding hydrogens is 461 g/mol. The maximum atomic E-state index is 11.8. The van der Waals surface area contributed by atoms with Gasteiger partial charge in [-0.25, -0.2) is 9.97 Å². The third-order valence-corrected chi connectivity index (χ3v) is 6.27. The Morgan fingerprint density at radius 1 is 1.15 bits per heavy atom. The number of pyridine rings is 1. The summed E-state index contributed by atoms with van der Waals surface area (Å²) in [5.74, 6) is 0.355. The van der Waals surface area contributed by atoms with E-state index in [1.54, 1.807) is 41.0 Å². The first-order valence-electron chi connectivity index (χ1n) is 10.1. The quantitative estimate of drug-likeness (QED) is 0.445. The average Bonchev–Trinajstić information content (AvgIpc) is 3.16. The summed E-state index contributed by atoms with van der Waals surface area (Å²) in [5, 5.41) is 14.9. The van der Waals surface area contributed by atoms with Crippen molar-refractivity contribution in [3.63, 3.8) is 0 Å². The van der Waals surface area contributed by atoms with Gasteiger partial charge >= 0.3 is 0 Å². The van der Waals surface area contributed by atoms with Crippen LogP contribution in [0.3, 0.4) is 0 Å². The fourth-order valence-corrected chi connectivity index (χ4v) is 4.30. The first kappa shape index (κ1) is 21.2. The molecule has 0 bridgehead atoms. The number of carbonyl (C=O) groups excluding carboxylic acids is 1. The second-order valence-electron chi connectivity index (χ2n) is 8.23. The lowest BCUT2D eigenvalue weighted by Crippen LogP contribution is -2.61. The zero-order valence-electron chi connectivity index (χ0n) is 17.5. The lowest BCUT2D eigenvalue weighted by Gasteiger charge is -2.46. The lowest BCUT2D eigenvalue weighted by atomic mass is 9.81. The molecule has 0 aliphatic carbocycles. The highest BCUT2D eigenvalue weighted by Gasteiger charge is 2.45. The Balaban J connectivity index is 1.73. The number of amides is 1. The van der Waals surface area contributed by atoms with Crippen LogP contribution in [0.25, 0.3) is 28.0 Å². The standard InChI is InChI=1S/C23H17Cl2N7O/c1-23(22(27)33)11-31(12-23)18-8-17(25)29-21-19(13-2-5-15(24)6-3-13)20(30-32(18)21)14-4-7-16(9-26)28-10-14/h2-8,10H,11-12H2,1H3,(H2,27,33). The molecule has 0 spiro atoms. The number of aromatic nitrogens is 4. The third-order valence-electron chi connectivity index (χ3n) is 5.82. The van der Waals surface area contributed by atoms with Crippen LogP contribution in [0.1, 0.15) is 12.6 Å². The summed E-state index contributed by atoms with van der Waals surface area (Å²) in [6.45, 7) is 2.73. The van der Waals surface area contributed by atoms with Gasteiger partial charge in [0.05, 0.1) is 11.0 Å². The molecule has 1 amide bonds. The number of nitrogens with zero attached hydrogens (tertiary/aromatic N) is 6. The number of hydrogen-bond acceptors (Lipinski definition) is 6. The lowest BCUT2D eigenvalue weighted by molar-refractivity contribution is -0.128. The van der Waals surface area contributed by atoms with Gasteiger partial charge in [0, 0.05) is 35.9 Å². The van der Waals surface area contributed by atoms with Gasteiger partial charge in [-0.2, -0.15) is 14.9 Å². The molecule has 1 saturated heterocycles. The number of primary amides is 1. The number of halogens is 2. The largest absolute Gasteiger partial charge is 0.369 e. The molecule has 0 saturated carbocycles. The van der Waals surface area contributed by atoms with Gasteiger partial charge in [-0.15, -0.1) is 0 Å². The number of rotatable bonds is 4. The summed E-state index contributed by atoms with van der Waals surface area (Å²) >= 11 is 12.5. The maximum Gasteiger partial charge on any atom is 0.226 e. The molecule has 1 aliphatic heterocycles. The molecule has 1 aliphatic rings. The van der Waals surface area contributed by atoms with E-state index < -0.39 is 5.41 Å². The molecule has 10 heteroatoms. The molecule has 2 N–H and O–H groups in total. The molecule has 4 heterocycles. The Hall–Kier alpha value is -3.67. The Labute approximate surface area is 199 Å². The van der Waals surface area contributed by atoms with E-state index in [1.807, 2.05) is 30.0 Å². The van der Waals surface area contributed by atoms with E-state index in [0.29, 0.717) is 46.1 Å². The topological polar surface area (TPSA) is 113 Å². The zero-order valence-corrected chi connectivity index (χ0v) is 19.0. The molecule has 0 atom stereocenters. The van der Waals surface area contributed by atoms with Crippen LogP contribution >= 0.6 is 23.2 Å². The monoisotopic (exact) mass is 477 g/mol. The molecule has 8 nitrogen and oxygen atoms in total. The fourth-order valence-electron chi connectivity index (χ4n) is 4.00. The van der Waals surface area contributed by atoms with E-state index >= 15 is 0 Å². The van der Waals surface area contributed by atoms with Crippen molar-refractivity contribution in [2.24, 2.45) is 11.1 Å². The summed E-state index contributed by atoms with van der Waals surface area (Å²) < 4.78 is 1.71. The molecule has 1 fully saturated rings. The number of nitrogens with two attached hydrogens (primary N) is 1. The Morgan fingerprint density at radius 2 is 1.85 bits per heavy atom. The van der Waals surface area contributed by atoms with Crippen LogP contribution in [-0.2, 0) is 4.79 Å². The SMILES string of the molecule is CC1(C(N)=O)CN(c2cc(Cl)nc3c(-c4ccc(Cl)cc4)c(-c4ccc(C#N)nc4)nn23)C1. The molecule has 33 heavy (non-hydrogen) atoms. The first-order chi connectivity index (χ1) is 15.8. The van der Waals surface area contributed by atoms with Crippen molar-refractivity contribution >= 4 is 40.6 Å². The van der Waals surface area contributed by atoms with Gasteiger partial charge in [0.15, 0.2) is 5.65 Å². The number of nitriles is 1. The minimum atomic E-state index is -0.617. The Morgan fingerprint density at radius 3 is 2.45 bits per heavy atom. The normalized spacial score (nSPS) is 14.7. The molecular formula is C23H17Cl2N7O. The number of fused-ring (bicyclic) bond motifs is 1. The number of benzene rings is 1. The summed E-state index contributed by atoms with van der Waals surface area (Å²) in [7, 11) is 0. The van der Waals surface area contributed by atoms with Crippen LogP contribution < -0.4 is 10.6 Å². The number of anilines is 1. The second kappa shape index (κ2) is 7.73. The molecule has 3 aromatic heterocycles. The van der Waals surface area contributed by atoms with Gasteiger partial charge in [0.25, 0.3) is 0 Å². The smallest absolute Gasteiger partial charge is 0.226 e. The minimum Gasteiger partial charge on any atom is -0.369 e. The van der Waals surface area contributed by atoms with Crippen molar-refractivity contribution in [2.45, 2.75) is 6.92 Å². The van der Waals surface area contributed by atoms with Crippen molar-refractivity contribution in [1.29, 1.82) is 5.26 Å². The van der Waals surface area contributed by atoms with Crippen molar-refractivity contribution in [2.75, 3.05) is 18.0 Å². The van der Waals surface area contributed by atoms with E-state index in [0.717, 1.165) is 16.7 Å². The Bertz CT molecular complexity index is 1430. The summed E-state index contributed by atoms with van der Waals surface area (Å²) in [4.78, 5) is 22.6. The zero-order chi connectivity index (χ0) is 23.3. The Kier molecular flexibility index (Phi) is 4.96. The van der Waals surface area contributed by atoms with Crippen LogP contribution in [0.2, 0.25) is 10.2 Å². The van der Waals surface area contributed by atoms with Crippen LogP contribution in [0.4, 0.5) is 5.82 Å². The van der Waals surface area contributed by atoms with E-state index in [4.69, 9.17) is 39.3 Å². The average molecular weight is 478 g/mol. The van der Waals surface area contributed by atoms with Gasteiger partial charge < -0.3 is 10.6 Å². The minimum absolute atomic E-state index is 0.296. The predicted octanol–water partition coefficient (Wildman–Crippen LogP) is 3.95. The van der Waals surface area contributed by atoms with Gasteiger partial charge in [-0.05, 0) is 36.8 Å². The van der Waals surface area contributed by atoms with E-state index in [9.17, 15) is 4.79 Å². The molecule has 0 unspecified atom stereocenters. The van der Waals surface area contributed by atoms with E-state index in [2.05, 4.69) is 9.97 Å². The van der Waals surface area contributed by atoms with Gasteiger partial charge in [0.2, 0.25) is 5.91 Å². The van der Waals surface area contributed by atoms with E-state index in [-0.39, 0.29) is 5.91 Å². The summed E-state index contributed by atoms with van der Waals surface area (Å²) in [6.07, 6.45) is 1.61. The second-order valence-corrected chi connectivity index (χ2v) is 9.05. The maximum absolute atomic E-state index is 11.8. The molecule has 164 valence electrons. The molecule has 4 aromatic rings. The predicted molar refractivity (Wildman–Crippen MR) is 126 cm³/mol. The molecule has 5 rings (SSSR count). The highest BCUT2D eigenvalue weighted by atomic mass is 35.5. The van der Waals surface area contributed by atoms with Crippen molar-refractivity contribution in [3.05, 3.63) is 64.5 Å². The van der Waals surface area contributed by atoms with Crippen molar-refractivity contribution in [3.8, 4) is 28.5 Å². The fraction of sp³-hybridized carbons (Fsp3) is 0.174. The summed E-state index contributed by atoms with van der Waals surface area (Å²) in [5.41, 5.74) is 8.75. The highest BCUT2D eigenvalue weighted by Crippen LogP contribution is 2.40. The summed E-state index contributed by atoms with van der Waals surface area (Å²) in [6, 6.07) is 14.5. The van der Waals surface area contributed by atoms with Crippen LogP contribution in [0, 0.1) is 16.7 Å². The highest BCUT2D eigenvalue weighted by molar-refractivity contribution is 6.30. The van der Waals surface area contributed by atoms with Crippen LogP contribution in [-0.4, -0.2) is 38.6 Å². The van der Waals surface area contributed by atoms with Gasteiger partial charge in [-0.1, -0.05) is 35.3 Å². The van der Waals surface area contributed by atoms with Gasteiger partial charge in [-0.3, -0.25) is 4.79 Å². The van der Waals surface area contributed by atoms with E-state index in [1.165, 1.54) is 0 Å². The number of carbonyl (C=O) groups is 1. The van der Waals surface area contributed by atoms with Crippen molar-refractivity contribution in [1.82, 2.24) is 19.6 Å². The van der Waals surface area contributed by atoms with Gasteiger partial charge in [0.1, 0.15) is 28.4 Å². The third kappa shape index (κ3) is 3.55. The first-order valence-corrected chi connectivity index (χ1v) is 10.8.